The molecule has 3 rings (SSSR count). The summed E-state index contributed by atoms with van der Waals surface area (Å²) in [5.74, 6) is 1.07. The van der Waals surface area contributed by atoms with E-state index in [1.165, 1.54) is 5.56 Å². The van der Waals surface area contributed by atoms with Crippen LogP contribution in [0.3, 0.4) is 0 Å². The second-order valence-electron chi connectivity index (χ2n) is 6.56. The summed E-state index contributed by atoms with van der Waals surface area (Å²) in [6.07, 6.45) is 2.30. The predicted molar refractivity (Wildman–Crippen MR) is 105 cm³/mol. The van der Waals surface area contributed by atoms with Crippen LogP contribution in [0.25, 0.3) is 0 Å². The van der Waals surface area contributed by atoms with E-state index >= 15 is 0 Å². The minimum atomic E-state index is 0.0518. The molecule has 0 aromatic heterocycles. The van der Waals surface area contributed by atoms with Crippen LogP contribution in [-0.2, 0) is 11.2 Å². The first-order valence-corrected chi connectivity index (χ1v) is 9.44. The SMILES string of the molecule is COc1ccc(CCCC(=O)N2CCNCC2c2cccc(Cl)c2)cc1. The molecule has 138 valence electrons. The first kappa shape index (κ1) is 18.7. The number of methoxy groups -OCH3 is 1. The molecule has 4 nitrogen and oxygen atoms in total. The van der Waals surface area contributed by atoms with Crippen molar-refractivity contribution in [1.29, 1.82) is 0 Å². The van der Waals surface area contributed by atoms with E-state index in [0.717, 1.165) is 43.8 Å². The number of benzene rings is 2. The van der Waals surface area contributed by atoms with Gasteiger partial charge in [0.2, 0.25) is 5.91 Å². The second kappa shape index (κ2) is 9.06. The van der Waals surface area contributed by atoms with Crippen LogP contribution in [-0.4, -0.2) is 37.6 Å². The fourth-order valence-corrected chi connectivity index (χ4v) is 3.59. The lowest BCUT2D eigenvalue weighted by Gasteiger charge is -2.36. The highest BCUT2D eigenvalue weighted by molar-refractivity contribution is 6.30. The van der Waals surface area contributed by atoms with Crippen LogP contribution in [0, 0.1) is 0 Å². The van der Waals surface area contributed by atoms with Crippen LogP contribution < -0.4 is 10.1 Å². The number of aryl methyl sites for hydroxylation is 1. The van der Waals surface area contributed by atoms with Crippen molar-refractivity contribution < 1.29 is 9.53 Å². The third-order valence-electron chi connectivity index (χ3n) is 4.81. The number of halogens is 1. The quantitative estimate of drug-likeness (QED) is 0.837. The van der Waals surface area contributed by atoms with E-state index in [2.05, 4.69) is 17.4 Å². The van der Waals surface area contributed by atoms with Crippen LogP contribution in [0.15, 0.2) is 48.5 Å². The Morgan fingerprint density at radius 3 is 2.81 bits per heavy atom. The molecule has 0 bridgehead atoms. The van der Waals surface area contributed by atoms with E-state index in [4.69, 9.17) is 16.3 Å². The molecule has 0 aliphatic carbocycles. The topological polar surface area (TPSA) is 41.6 Å². The summed E-state index contributed by atoms with van der Waals surface area (Å²) < 4.78 is 5.18. The van der Waals surface area contributed by atoms with Crippen molar-refractivity contribution in [2.24, 2.45) is 0 Å². The van der Waals surface area contributed by atoms with Gasteiger partial charge in [0.15, 0.2) is 0 Å². The fraction of sp³-hybridized carbons (Fsp3) is 0.381. The average molecular weight is 373 g/mol. The number of amides is 1. The second-order valence-corrected chi connectivity index (χ2v) is 7.00. The number of carbonyl (C=O) groups is 1. The van der Waals surface area contributed by atoms with Crippen LogP contribution in [0.5, 0.6) is 5.75 Å². The Morgan fingerprint density at radius 2 is 2.08 bits per heavy atom. The Kier molecular flexibility index (Phi) is 6.53. The highest BCUT2D eigenvalue weighted by Gasteiger charge is 2.27. The lowest BCUT2D eigenvalue weighted by molar-refractivity contribution is -0.134. The maximum Gasteiger partial charge on any atom is 0.223 e. The number of nitrogens with one attached hydrogen (secondary N) is 1. The van der Waals surface area contributed by atoms with Crippen molar-refractivity contribution in [2.75, 3.05) is 26.7 Å². The molecular weight excluding hydrogens is 348 g/mol. The van der Waals surface area contributed by atoms with Gasteiger partial charge in [0.1, 0.15) is 5.75 Å². The minimum absolute atomic E-state index is 0.0518. The predicted octanol–water partition coefficient (Wildman–Crippen LogP) is 3.84. The standard InChI is InChI=1S/C21H25ClN2O2/c1-26-19-10-8-16(9-11-19)4-2-7-21(25)24-13-12-23-15-20(24)17-5-3-6-18(22)14-17/h3,5-6,8-11,14,20,23H,2,4,7,12-13,15H2,1H3. The molecule has 1 saturated heterocycles. The summed E-state index contributed by atoms with van der Waals surface area (Å²) in [6, 6.07) is 15.9. The molecule has 26 heavy (non-hydrogen) atoms. The summed E-state index contributed by atoms with van der Waals surface area (Å²) in [6.45, 7) is 2.34. The van der Waals surface area contributed by atoms with Crippen molar-refractivity contribution in [2.45, 2.75) is 25.3 Å². The van der Waals surface area contributed by atoms with Crippen molar-refractivity contribution in [1.82, 2.24) is 10.2 Å². The molecule has 1 aliphatic rings. The molecule has 1 amide bonds. The summed E-state index contributed by atoms with van der Waals surface area (Å²) in [5.41, 5.74) is 2.32. The number of hydrogen-bond acceptors (Lipinski definition) is 3. The highest BCUT2D eigenvalue weighted by Crippen LogP contribution is 2.25. The number of carbonyl (C=O) groups excluding carboxylic acids is 1. The van der Waals surface area contributed by atoms with Crippen molar-refractivity contribution in [3.05, 3.63) is 64.7 Å². The largest absolute Gasteiger partial charge is 0.497 e. The molecule has 1 atom stereocenters. The Hall–Kier alpha value is -2.04. The molecule has 1 fully saturated rings. The maximum atomic E-state index is 12.8. The van der Waals surface area contributed by atoms with Gasteiger partial charge < -0.3 is 15.0 Å². The molecule has 1 heterocycles. The molecule has 1 aliphatic heterocycles. The van der Waals surface area contributed by atoms with Crippen LogP contribution >= 0.6 is 11.6 Å². The molecule has 2 aromatic carbocycles. The third-order valence-corrected chi connectivity index (χ3v) is 5.05. The zero-order chi connectivity index (χ0) is 18.4. The normalized spacial score (nSPS) is 17.2. The molecule has 0 spiro atoms. The Morgan fingerprint density at radius 1 is 1.27 bits per heavy atom. The monoisotopic (exact) mass is 372 g/mol. The smallest absolute Gasteiger partial charge is 0.223 e. The molecule has 0 saturated carbocycles. The minimum Gasteiger partial charge on any atom is -0.497 e. The van der Waals surface area contributed by atoms with E-state index in [0.29, 0.717) is 11.4 Å². The van der Waals surface area contributed by atoms with Crippen molar-refractivity contribution in [3.8, 4) is 5.75 Å². The Balaban J connectivity index is 1.58. The van der Waals surface area contributed by atoms with Crippen LogP contribution in [0.1, 0.15) is 30.0 Å². The van der Waals surface area contributed by atoms with E-state index < -0.39 is 0 Å². The van der Waals surface area contributed by atoms with Gasteiger partial charge in [-0.2, -0.15) is 0 Å². The summed E-state index contributed by atoms with van der Waals surface area (Å²) in [4.78, 5) is 14.8. The van der Waals surface area contributed by atoms with Gasteiger partial charge in [0.05, 0.1) is 13.2 Å². The summed E-state index contributed by atoms with van der Waals surface area (Å²) >= 11 is 6.13. The van der Waals surface area contributed by atoms with Gasteiger partial charge in [-0.05, 0) is 48.2 Å². The first-order chi connectivity index (χ1) is 12.7. The van der Waals surface area contributed by atoms with Gasteiger partial charge >= 0.3 is 0 Å². The van der Waals surface area contributed by atoms with E-state index in [9.17, 15) is 4.79 Å². The number of piperazine rings is 1. The van der Waals surface area contributed by atoms with E-state index in [1.54, 1.807) is 7.11 Å². The van der Waals surface area contributed by atoms with Gasteiger partial charge in [-0.1, -0.05) is 35.9 Å². The Labute approximate surface area is 160 Å². The number of ether oxygens (including phenoxy) is 1. The molecule has 5 heteroatoms. The average Bonchev–Trinajstić information content (AvgIpc) is 2.68. The third kappa shape index (κ3) is 4.77. The van der Waals surface area contributed by atoms with Crippen LogP contribution in [0.2, 0.25) is 5.02 Å². The van der Waals surface area contributed by atoms with Gasteiger partial charge in [-0.25, -0.2) is 0 Å². The van der Waals surface area contributed by atoms with Gasteiger partial charge in [0, 0.05) is 31.1 Å². The number of rotatable bonds is 6. The lowest BCUT2D eigenvalue weighted by Crippen LogP contribution is -2.48. The number of nitrogens with zero attached hydrogens (tertiary/aromatic N) is 1. The van der Waals surface area contributed by atoms with E-state index in [1.807, 2.05) is 41.3 Å². The van der Waals surface area contributed by atoms with Gasteiger partial charge in [-0.3, -0.25) is 4.79 Å². The summed E-state index contributed by atoms with van der Waals surface area (Å²) in [7, 11) is 1.66. The molecular formula is C21H25ClN2O2. The fourth-order valence-electron chi connectivity index (χ4n) is 3.39. The molecule has 1 N–H and O–H groups in total. The number of hydrogen-bond donors (Lipinski definition) is 1. The van der Waals surface area contributed by atoms with E-state index in [-0.39, 0.29) is 11.9 Å². The van der Waals surface area contributed by atoms with Crippen LogP contribution in [0.4, 0.5) is 0 Å². The zero-order valence-electron chi connectivity index (χ0n) is 15.1. The molecule has 0 radical (unpaired) electrons. The highest BCUT2D eigenvalue weighted by atomic mass is 35.5. The summed E-state index contributed by atoms with van der Waals surface area (Å²) in [5, 5.41) is 4.09. The first-order valence-electron chi connectivity index (χ1n) is 9.06. The lowest BCUT2D eigenvalue weighted by atomic mass is 10.0. The maximum absolute atomic E-state index is 12.8. The zero-order valence-corrected chi connectivity index (χ0v) is 15.8. The van der Waals surface area contributed by atoms with Crippen molar-refractivity contribution in [3.63, 3.8) is 0 Å². The van der Waals surface area contributed by atoms with Gasteiger partial charge in [-0.15, -0.1) is 0 Å². The Bertz CT molecular complexity index is 733. The molecule has 1 unspecified atom stereocenters. The van der Waals surface area contributed by atoms with Gasteiger partial charge in [0.25, 0.3) is 0 Å². The van der Waals surface area contributed by atoms with Crippen molar-refractivity contribution >= 4 is 17.5 Å². The molecule has 2 aromatic rings.